The zero-order chi connectivity index (χ0) is 13.8. The Morgan fingerprint density at radius 3 is 2.70 bits per heavy atom. The Hall–Kier alpha value is -1.69. The van der Waals surface area contributed by atoms with E-state index in [1.165, 1.54) is 0 Å². The predicted molar refractivity (Wildman–Crippen MR) is 74.0 cm³/mol. The van der Waals surface area contributed by atoms with Crippen molar-refractivity contribution < 1.29 is 14.3 Å². The molecule has 1 aliphatic rings. The smallest absolute Gasteiger partial charge is 0.226 e. The zero-order valence-electron chi connectivity index (χ0n) is 11.2. The Balaban J connectivity index is 1.55. The van der Waals surface area contributed by atoms with Crippen LogP contribution in [0.4, 0.5) is 0 Å². The predicted octanol–water partition coefficient (Wildman–Crippen LogP) is 1.44. The van der Waals surface area contributed by atoms with Crippen molar-refractivity contribution in [3.63, 3.8) is 0 Å². The molecule has 2 heterocycles. The quantitative estimate of drug-likeness (QED) is 0.834. The maximum atomic E-state index is 9.33. The van der Waals surface area contributed by atoms with Crippen molar-refractivity contribution in [1.82, 2.24) is 10.3 Å². The lowest BCUT2D eigenvalue weighted by molar-refractivity contribution is -0.134. The van der Waals surface area contributed by atoms with Gasteiger partial charge in [-0.25, -0.2) is 4.98 Å². The second-order valence-electron chi connectivity index (χ2n) is 5.26. The van der Waals surface area contributed by atoms with E-state index >= 15 is 0 Å². The second kappa shape index (κ2) is 5.75. The van der Waals surface area contributed by atoms with Gasteiger partial charge in [-0.15, -0.1) is 0 Å². The molecule has 1 aromatic carbocycles. The number of hydrogen-bond acceptors (Lipinski definition) is 5. The number of aliphatic hydroxyl groups excluding tert-OH is 1. The molecule has 1 aliphatic heterocycles. The van der Waals surface area contributed by atoms with Crippen LogP contribution in [0.15, 0.2) is 41.0 Å². The number of oxazole rings is 1. The molecule has 5 nitrogen and oxygen atoms in total. The molecule has 0 radical (unpaired) electrons. The Labute approximate surface area is 117 Å². The van der Waals surface area contributed by atoms with Gasteiger partial charge in [-0.2, -0.15) is 0 Å². The van der Waals surface area contributed by atoms with Crippen molar-refractivity contribution >= 4 is 0 Å². The Bertz CT molecular complexity index is 544. The van der Waals surface area contributed by atoms with Gasteiger partial charge in [0.15, 0.2) is 0 Å². The molecule has 106 valence electrons. The fraction of sp³-hybridized carbons (Fsp3) is 0.400. The van der Waals surface area contributed by atoms with E-state index in [4.69, 9.17) is 9.15 Å². The summed E-state index contributed by atoms with van der Waals surface area (Å²) in [5, 5.41) is 12.6. The van der Waals surface area contributed by atoms with Gasteiger partial charge in [-0.3, -0.25) is 0 Å². The molecule has 0 spiro atoms. The number of aromatic nitrogens is 1. The van der Waals surface area contributed by atoms with Crippen LogP contribution < -0.4 is 5.32 Å². The normalized spacial score (nSPS) is 16.9. The first-order chi connectivity index (χ1) is 9.81. The summed E-state index contributed by atoms with van der Waals surface area (Å²) >= 11 is 0. The SMILES string of the molecule is OCC1(CNCc2coc(-c3ccccc3)n2)COC1. The lowest BCUT2D eigenvalue weighted by atomic mass is 9.87. The molecule has 1 aromatic heterocycles. The van der Waals surface area contributed by atoms with Crippen LogP contribution in [0.3, 0.4) is 0 Å². The lowest BCUT2D eigenvalue weighted by Crippen LogP contribution is -2.52. The first kappa shape index (κ1) is 13.3. The average Bonchev–Trinajstić information content (AvgIpc) is 2.92. The van der Waals surface area contributed by atoms with Gasteiger partial charge in [-0.1, -0.05) is 18.2 Å². The lowest BCUT2D eigenvalue weighted by Gasteiger charge is -2.39. The van der Waals surface area contributed by atoms with E-state index < -0.39 is 0 Å². The van der Waals surface area contributed by atoms with Gasteiger partial charge in [0.2, 0.25) is 5.89 Å². The molecule has 2 N–H and O–H groups in total. The van der Waals surface area contributed by atoms with E-state index in [1.54, 1.807) is 6.26 Å². The molecule has 0 aliphatic carbocycles. The third-order valence-electron chi connectivity index (χ3n) is 3.53. The molecular formula is C15H18N2O3. The third kappa shape index (κ3) is 2.75. The molecule has 0 amide bonds. The van der Waals surface area contributed by atoms with E-state index in [-0.39, 0.29) is 12.0 Å². The van der Waals surface area contributed by atoms with E-state index in [2.05, 4.69) is 10.3 Å². The molecule has 2 aromatic rings. The van der Waals surface area contributed by atoms with Crippen LogP contribution in [-0.4, -0.2) is 36.5 Å². The number of benzene rings is 1. The Morgan fingerprint density at radius 1 is 1.25 bits per heavy atom. The second-order valence-corrected chi connectivity index (χ2v) is 5.26. The molecule has 0 atom stereocenters. The van der Waals surface area contributed by atoms with Gasteiger partial charge in [0.05, 0.1) is 30.9 Å². The number of aliphatic hydroxyl groups is 1. The fourth-order valence-corrected chi connectivity index (χ4v) is 2.20. The van der Waals surface area contributed by atoms with Gasteiger partial charge in [0, 0.05) is 18.7 Å². The standard InChI is InChI=1S/C15H18N2O3/c18-9-15(10-19-11-15)8-16-6-13-7-20-14(17-13)12-4-2-1-3-5-12/h1-5,7,16,18H,6,8-11H2. The highest BCUT2D eigenvalue weighted by Gasteiger charge is 2.37. The number of nitrogens with one attached hydrogen (secondary N) is 1. The summed E-state index contributed by atoms with van der Waals surface area (Å²) in [5.41, 5.74) is 1.71. The van der Waals surface area contributed by atoms with Crippen LogP contribution in [0.2, 0.25) is 0 Å². The maximum absolute atomic E-state index is 9.33. The van der Waals surface area contributed by atoms with Crippen LogP contribution in [0.25, 0.3) is 11.5 Å². The number of rotatable bonds is 6. The van der Waals surface area contributed by atoms with Crippen molar-refractivity contribution in [3.8, 4) is 11.5 Å². The third-order valence-corrected chi connectivity index (χ3v) is 3.53. The Morgan fingerprint density at radius 2 is 2.05 bits per heavy atom. The first-order valence-corrected chi connectivity index (χ1v) is 6.70. The van der Waals surface area contributed by atoms with Gasteiger partial charge in [0.1, 0.15) is 6.26 Å². The highest BCUT2D eigenvalue weighted by Crippen LogP contribution is 2.25. The molecule has 5 heteroatoms. The molecule has 0 unspecified atom stereocenters. The van der Waals surface area contributed by atoms with Crippen LogP contribution in [0, 0.1) is 5.41 Å². The molecule has 0 saturated carbocycles. The largest absolute Gasteiger partial charge is 0.444 e. The van der Waals surface area contributed by atoms with E-state index in [1.807, 2.05) is 30.3 Å². The summed E-state index contributed by atoms with van der Waals surface area (Å²) in [4.78, 5) is 4.45. The molecule has 1 fully saturated rings. The first-order valence-electron chi connectivity index (χ1n) is 6.70. The van der Waals surface area contributed by atoms with Crippen LogP contribution in [0.1, 0.15) is 5.69 Å². The summed E-state index contributed by atoms with van der Waals surface area (Å²) in [6.45, 7) is 2.72. The van der Waals surface area contributed by atoms with Crippen molar-refractivity contribution in [2.75, 3.05) is 26.4 Å². The fourth-order valence-electron chi connectivity index (χ4n) is 2.20. The Kier molecular flexibility index (Phi) is 3.82. The molecule has 20 heavy (non-hydrogen) atoms. The van der Waals surface area contributed by atoms with E-state index in [9.17, 15) is 5.11 Å². The number of nitrogens with zero attached hydrogens (tertiary/aromatic N) is 1. The number of ether oxygens (including phenoxy) is 1. The van der Waals surface area contributed by atoms with Crippen molar-refractivity contribution in [1.29, 1.82) is 0 Å². The monoisotopic (exact) mass is 274 g/mol. The van der Waals surface area contributed by atoms with Crippen LogP contribution in [0.5, 0.6) is 0 Å². The van der Waals surface area contributed by atoms with E-state index in [0.29, 0.717) is 25.6 Å². The number of hydrogen-bond donors (Lipinski definition) is 2. The zero-order valence-corrected chi connectivity index (χ0v) is 11.2. The van der Waals surface area contributed by atoms with Crippen LogP contribution >= 0.6 is 0 Å². The topological polar surface area (TPSA) is 67.5 Å². The van der Waals surface area contributed by atoms with Crippen molar-refractivity contribution in [2.45, 2.75) is 6.54 Å². The highest BCUT2D eigenvalue weighted by atomic mass is 16.5. The van der Waals surface area contributed by atoms with Crippen LogP contribution in [-0.2, 0) is 11.3 Å². The van der Waals surface area contributed by atoms with Gasteiger partial charge in [0.25, 0.3) is 0 Å². The minimum absolute atomic E-state index is 0.119. The van der Waals surface area contributed by atoms with Gasteiger partial charge in [-0.05, 0) is 12.1 Å². The van der Waals surface area contributed by atoms with Gasteiger partial charge < -0.3 is 19.6 Å². The summed E-state index contributed by atoms with van der Waals surface area (Å²) < 4.78 is 10.6. The highest BCUT2D eigenvalue weighted by molar-refractivity contribution is 5.52. The van der Waals surface area contributed by atoms with Gasteiger partial charge >= 0.3 is 0 Å². The summed E-state index contributed by atoms with van der Waals surface area (Å²) in [7, 11) is 0. The van der Waals surface area contributed by atoms with E-state index in [0.717, 1.165) is 17.8 Å². The minimum Gasteiger partial charge on any atom is -0.444 e. The summed E-state index contributed by atoms with van der Waals surface area (Å²) in [6.07, 6.45) is 1.66. The minimum atomic E-state index is -0.119. The maximum Gasteiger partial charge on any atom is 0.226 e. The molecular weight excluding hydrogens is 256 g/mol. The van der Waals surface area contributed by atoms with Crippen molar-refractivity contribution in [3.05, 3.63) is 42.3 Å². The average molecular weight is 274 g/mol. The molecule has 1 saturated heterocycles. The molecule has 3 rings (SSSR count). The summed E-state index contributed by atoms with van der Waals surface area (Å²) in [6, 6.07) is 9.81. The molecule has 0 bridgehead atoms. The van der Waals surface area contributed by atoms with Crippen molar-refractivity contribution in [2.24, 2.45) is 5.41 Å². The summed E-state index contributed by atoms with van der Waals surface area (Å²) in [5.74, 6) is 0.631.